The molecule has 144 valence electrons. The first kappa shape index (κ1) is 18.1. The second-order valence-corrected chi connectivity index (χ2v) is 7.88. The van der Waals surface area contributed by atoms with E-state index in [-0.39, 0.29) is 0 Å². The lowest BCUT2D eigenvalue weighted by Gasteiger charge is -2.32. The van der Waals surface area contributed by atoms with Crippen molar-refractivity contribution >= 4 is 11.6 Å². The molecule has 4 rings (SSSR count). The van der Waals surface area contributed by atoms with Gasteiger partial charge in [-0.15, -0.1) is 0 Å². The van der Waals surface area contributed by atoms with E-state index in [1.807, 2.05) is 31.3 Å². The molecular formula is C20H29N7. The number of nitrogens with one attached hydrogen (secondary N) is 1. The molecule has 2 aromatic rings. The van der Waals surface area contributed by atoms with E-state index in [1.165, 1.54) is 19.3 Å². The Kier molecular flexibility index (Phi) is 5.48. The SMILES string of the molecule is CN(C)c1cc(NC2CCN(Cc3ccnc(C4CCC4)n3)CC2)ncn1. The van der Waals surface area contributed by atoms with Crippen molar-refractivity contribution in [3.63, 3.8) is 0 Å². The molecule has 0 amide bonds. The molecule has 2 aliphatic rings. The summed E-state index contributed by atoms with van der Waals surface area (Å²) in [6.45, 7) is 3.07. The molecule has 0 unspecified atom stereocenters. The maximum absolute atomic E-state index is 4.81. The van der Waals surface area contributed by atoms with Gasteiger partial charge >= 0.3 is 0 Å². The van der Waals surface area contributed by atoms with Gasteiger partial charge in [-0.2, -0.15) is 0 Å². The van der Waals surface area contributed by atoms with Crippen LogP contribution in [0.15, 0.2) is 24.7 Å². The minimum atomic E-state index is 0.460. The van der Waals surface area contributed by atoms with Gasteiger partial charge < -0.3 is 10.2 Å². The largest absolute Gasteiger partial charge is 0.367 e. The molecule has 0 bridgehead atoms. The molecular weight excluding hydrogens is 338 g/mol. The van der Waals surface area contributed by atoms with Crippen molar-refractivity contribution in [1.29, 1.82) is 0 Å². The monoisotopic (exact) mass is 367 g/mol. The standard InChI is InChI=1S/C20H29N7/c1-26(2)19-12-18(22-14-23-19)24-16-7-10-27(11-8-16)13-17-6-9-21-20(25-17)15-4-3-5-15/h6,9,12,14-16H,3-5,7-8,10-11,13H2,1-2H3,(H,22,23,24). The molecule has 0 atom stereocenters. The molecule has 2 fully saturated rings. The van der Waals surface area contributed by atoms with Crippen LogP contribution >= 0.6 is 0 Å². The van der Waals surface area contributed by atoms with Gasteiger partial charge in [-0.25, -0.2) is 19.9 Å². The fourth-order valence-corrected chi connectivity index (χ4v) is 3.71. The van der Waals surface area contributed by atoms with E-state index in [9.17, 15) is 0 Å². The third-order valence-corrected chi connectivity index (χ3v) is 5.64. The van der Waals surface area contributed by atoms with Crippen molar-refractivity contribution in [2.75, 3.05) is 37.4 Å². The summed E-state index contributed by atoms with van der Waals surface area (Å²) in [6, 6.07) is 4.54. The molecule has 0 radical (unpaired) electrons. The molecule has 2 aromatic heterocycles. The fourth-order valence-electron chi connectivity index (χ4n) is 3.71. The van der Waals surface area contributed by atoms with Crippen LogP contribution in [-0.4, -0.2) is 58.1 Å². The zero-order valence-corrected chi connectivity index (χ0v) is 16.3. The van der Waals surface area contributed by atoms with Crippen LogP contribution in [0, 0.1) is 0 Å². The number of piperidine rings is 1. The zero-order valence-electron chi connectivity index (χ0n) is 16.3. The van der Waals surface area contributed by atoms with Crippen molar-refractivity contribution in [2.45, 2.75) is 50.6 Å². The van der Waals surface area contributed by atoms with Gasteiger partial charge in [0.25, 0.3) is 0 Å². The van der Waals surface area contributed by atoms with Crippen LogP contribution in [0.1, 0.15) is 49.5 Å². The van der Waals surface area contributed by atoms with Gasteiger partial charge in [0.05, 0.1) is 5.69 Å². The van der Waals surface area contributed by atoms with Crippen LogP contribution in [-0.2, 0) is 6.54 Å². The predicted molar refractivity (Wildman–Crippen MR) is 107 cm³/mol. The van der Waals surface area contributed by atoms with Crippen molar-refractivity contribution in [1.82, 2.24) is 24.8 Å². The third kappa shape index (κ3) is 4.53. The molecule has 3 heterocycles. The maximum atomic E-state index is 4.81. The van der Waals surface area contributed by atoms with Crippen LogP contribution in [0.5, 0.6) is 0 Å². The van der Waals surface area contributed by atoms with E-state index >= 15 is 0 Å². The van der Waals surface area contributed by atoms with Gasteiger partial charge in [0.15, 0.2) is 0 Å². The lowest BCUT2D eigenvalue weighted by molar-refractivity contribution is 0.208. The Morgan fingerprint density at radius 2 is 1.93 bits per heavy atom. The highest BCUT2D eigenvalue weighted by atomic mass is 15.2. The molecule has 1 aliphatic carbocycles. The average Bonchev–Trinajstić information content (AvgIpc) is 2.63. The van der Waals surface area contributed by atoms with Gasteiger partial charge in [0.1, 0.15) is 23.8 Å². The van der Waals surface area contributed by atoms with E-state index in [1.54, 1.807) is 6.33 Å². The summed E-state index contributed by atoms with van der Waals surface area (Å²) in [6.07, 6.45) is 9.60. The first-order chi connectivity index (χ1) is 13.2. The van der Waals surface area contributed by atoms with Gasteiger partial charge in [0, 0.05) is 58.0 Å². The van der Waals surface area contributed by atoms with Gasteiger partial charge in [-0.3, -0.25) is 4.90 Å². The number of rotatable bonds is 6. The lowest BCUT2D eigenvalue weighted by atomic mass is 9.85. The Balaban J connectivity index is 1.28. The van der Waals surface area contributed by atoms with Crippen molar-refractivity contribution in [3.8, 4) is 0 Å². The number of aromatic nitrogens is 4. The van der Waals surface area contributed by atoms with E-state index < -0.39 is 0 Å². The summed E-state index contributed by atoms with van der Waals surface area (Å²) in [5.41, 5.74) is 1.16. The molecule has 1 N–H and O–H groups in total. The molecule has 27 heavy (non-hydrogen) atoms. The van der Waals surface area contributed by atoms with E-state index in [4.69, 9.17) is 4.98 Å². The summed E-state index contributed by atoms with van der Waals surface area (Å²) >= 11 is 0. The van der Waals surface area contributed by atoms with E-state index in [0.29, 0.717) is 12.0 Å². The van der Waals surface area contributed by atoms with Gasteiger partial charge in [0.2, 0.25) is 0 Å². The molecule has 7 nitrogen and oxygen atoms in total. The van der Waals surface area contributed by atoms with Crippen LogP contribution in [0.25, 0.3) is 0 Å². The molecule has 0 spiro atoms. The molecule has 0 aromatic carbocycles. The number of hydrogen-bond acceptors (Lipinski definition) is 7. The number of likely N-dealkylation sites (tertiary alicyclic amines) is 1. The lowest BCUT2D eigenvalue weighted by Crippen LogP contribution is -2.39. The van der Waals surface area contributed by atoms with Crippen LogP contribution in [0.3, 0.4) is 0 Å². The first-order valence-electron chi connectivity index (χ1n) is 9.97. The number of anilines is 2. The van der Waals surface area contributed by atoms with Crippen molar-refractivity contribution in [3.05, 3.63) is 36.2 Å². The van der Waals surface area contributed by atoms with Crippen LogP contribution in [0.4, 0.5) is 11.6 Å². The highest BCUT2D eigenvalue weighted by Gasteiger charge is 2.23. The van der Waals surface area contributed by atoms with Gasteiger partial charge in [-0.05, 0) is 31.7 Å². The van der Waals surface area contributed by atoms with Crippen LogP contribution < -0.4 is 10.2 Å². The van der Waals surface area contributed by atoms with Crippen LogP contribution in [0.2, 0.25) is 0 Å². The fraction of sp³-hybridized carbons (Fsp3) is 0.600. The van der Waals surface area contributed by atoms with Gasteiger partial charge in [-0.1, -0.05) is 6.42 Å². The summed E-state index contributed by atoms with van der Waals surface area (Å²) < 4.78 is 0. The quantitative estimate of drug-likeness (QED) is 0.842. The second kappa shape index (κ2) is 8.17. The topological polar surface area (TPSA) is 70.1 Å². The van der Waals surface area contributed by atoms with Crippen molar-refractivity contribution < 1.29 is 0 Å². The second-order valence-electron chi connectivity index (χ2n) is 7.88. The smallest absolute Gasteiger partial charge is 0.133 e. The minimum absolute atomic E-state index is 0.460. The molecule has 1 saturated carbocycles. The highest BCUT2D eigenvalue weighted by Crippen LogP contribution is 2.34. The molecule has 1 saturated heterocycles. The summed E-state index contributed by atoms with van der Waals surface area (Å²) in [7, 11) is 3.99. The van der Waals surface area contributed by atoms with E-state index in [2.05, 4.69) is 31.2 Å². The predicted octanol–water partition coefficient (Wildman–Crippen LogP) is 2.68. The molecule has 7 heteroatoms. The zero-order chi connectivity index (χ0) is 18.6. The Labute approximate surface area is 161 Å². The number of hydrogen-bond donors (Lipinski definition) is 1. The normalized spacial score (nSPS) is 18.9. The Hall–Kier alpha value is -2.28. The third-order valence-electron chi connectivity index (χ3n) is 5.64. The minimum Gasteiger partial charge on any atom is -0.367 e. The summed E-state index contributed by atoms with van der Waals surface area (Å²) in [4.78, 5) is 22.4. The number of nitrogens with zero attached hydrogens (tertiary/aromatic N) is 6. The van der Waals surface area contributed by atoms with Crippen molar-refractivity contribution in [2.24, 2.45) is 0 Å². The maximum Gasteiger partial charge on any atom is 0.133 e. The first-order valence-corrected chi connectivity index (χ1v) is 9.97. The Morgan fingerprint density at radius 3 is 2.63 bits per heavy atom. The highest BCUT2D eigenvalue weighted by molar-refractivity contribution is 5.47. The Morgan fingerprint density at radius 1 is 1.11 bits per heavy atom. The molecule has 1 aliphatic heterocycles. The Bertz CT molecular complexity index is 752. The van der Waals surface area contributed by atoms with E-state index in [0.717, 1.165) is 55.6 Å². The average molecular weight is 368 g/mol. The summed E-state index contributed by atoms with van der Waals surface area (Å²) in [5.74, 6) is 3.49. The summed E-state index contributed by atoms with van der Waals surface area (Å²) in [5, 5.41) is 3.57.